The number of nitrogens with zero attached hydrogens (tertiary/aromatic N) is 3. The number of hydrogen-bond acceptors (Lipinski definition) is 2. The van der Waals surface area contributed by atoms with Crippen LogP contribution < -0.4 is 9.69 Å². The molecule has 0 fully saturated rings. The molecule has 0 aliphatic carbocycles. The van der Waals surface area contributed by atoms with E-state index in [0.717, 1.165) is 5.82 Å². The minimum absolute atomic E-state index is 0.993. The van der Waals surface area contributed by atoms with Crippen molar-refractivity contribution in [3.63, 3.8) is 0 Å². The van der Waals surface area contributed by atoms with Crippen LogP contribution in [0.15, 0.2) is 18.5 Å². The molecule has 1 rings (SSSR count). The second-order valence-electron chi connectivity index (χ2n) is 2.36. The van der Waals surface area contributed by atoms with E-state index in [9.17, 15) is 0 Å². The topological polar surface area (TPSA) is 20.0 Å². The van der Waals surface area contributed by atoms with E-state index >= 15 is 0 Å². The monoisotopic (exact) mass is 138 g/mol. The summed E-state index contributed by atoms with van der Waals surface area (Å²) >= 11 is 0. The molecule has 0 atom stereocenters. The molecule has 1 aromatic rings. The van der Waals surface area contributed by atoms with Crippen molar-refractivity contribution in [1.82, 2.24) is 4.98 Å². The highest BCUT2D eigenvalue weighted by atomic mass is 15.5. The number of aryl methyl sites for hydroxylation is 1. The predicted molar refractivity (Wildman–Crippen MR) is 39.2 cm³/mol. The van der Waals surface area contributed by atoms with E-state index in [1.807, 2.05) is 43.0 Å². The Morgan fingerprint density at radius 2 is 2.20 bits per heavy atom. The first-order valence-electron chi connectivity index (χ1n) is 3.22. The summed E-state index contributed by atoms with van der Waals surface area (Å²) in [7, 11) is 3.96. The van der Waals surface area contributed by atoms with Gasteiger partial charge in [0.05, 0.1) is 0 Å². The Bertz CT molecular complexity index is 220. The zero-order chi connectivity index (χ0) is 7.56. The first kappa shape index (κ1) is 6.99. The van der Waals surface area contributed by atoms with E-state index in [0.29, 0.717) is 0 Å². The van der Waals surface area contributed by atoms with E-state index in [1.165, 1.54) is 0 Å². The summed E-state index contributed by atoms with van der Waals surface area (Å²) < 4.78 is 1.97. The van der Waals surface area contributed by atoms with Crippen molar-refractivity contribution >= 4 is 0 Å². The molecule has 0 N–H and O–H groups in total. The molecule has 0 saturated heterocycles. The fraction of sp³-hybridized carbons (Fsp3) is 0.429. The minimum Gasteiger partial charge on any atom is -0.250 e. The van der Waals surface area contributed by atoms with Crippen molar-refractivity contribution in [2.24, 2.45) is 0 Å². The van der Waals surface area contributed by atoms with Crippen LogP contribution >= 0.6 is 0 Å². The zero-order valence-electron chi connectivity index (χ0n) is 6.57. The number of hydrogen-bond donors (Lipinski definition) is 0. The van der Waals surface area contributed by atoms with Crippen molar-refractivity contribution in [2.75, 3.05) is 19.1 Å². The fourth-order valence-corrected chi connectivity index (χ4v) is 0.861. The van der Waals surface area contributed by atoms with Gasteiger partial charge >= 0.3 is 5.82 Å². The molecule has 0 aliphatic heterocycles. The van der Waals surface area contributed by atoms with Crippen LogP contribution in [-0.2, 0) is 0 Å². The van der Waals surface area contributed by atoms with Gasteiger partial charge in [0.15, 0.2) is 0 Å². The summed E-state index contributed by atoms with van der Waals surface area (Å²) in [6.45, 7) is 1.97. The molecular weight excluding hydrogens is 126 g/mol. The smallest absolute Gasteiger partial charge is 0.250 e. The van der Waals surface area contributed by atoms with Gasteiger partial charge in [0.25, 0.3) is 0 Å². The van der Waals surface area contributed by atoms with Crippen molar-refractivity contribution in [1.29, 1.82) is 0 Å². The highest BCUT2D eigenvalue weighted by molar-refractivity contribution is 4.77. The van der Waals surface area contributed by atoms with Gasteiger partial charge in [-0.05, 0) is 0 Å². The number of rotatable bonds is 1. The zero-order valence-corrected chi connectivity index (χ0v) is 6.57. The Hall–Kier alpha value is -1.12. The van der Waals surface area contributed by atoms with Crippen molar-refractivity contribution in [3.8, 4) is 0 Å². The molecule has 3 heteroatoms. The standard InChI is InChI=1S/C7H12N3/c1-7-8-5-4-6-10(7)9(2)3/h4-6H,1-3H3/q+1. The quantitative estimate of drug-likeness (QED) is 0.504. The van der Waals surface area contributed by atoms with Gasteiger partial charge in [0, 0.05) is 27.1 Å². The van der Waals surface area contributed by atoms with Crippen LogP contribution in [0.4, 0.5) is 0 Å². The van der Waals surface area contributed by atoms with Crippen LogP contribution in [0.3, 0.4) is 0 Å². The molecule has 0 amide bonds. The molecule has 0 aromatic carbocycles. The molecule has 3 nitrogen and oxygen atoms in total. The highest BCUT2D eigenvalue weighted by Gasteiger charge is 2.04. The summed E-state index contributed by atoms with van der Waals surface area (Å²) in [4.78, 5) is 4.12. The third-order valence-electron chi connectivity index (χ3n) is 1.34. The molecule has 0 spiro atoms. The predicted octanol–water partition coefficient (Wildman–Crippen LogP) is -0.125. The molecule has 1 aromatic heterocycles. The average molecular weight is 138 g/mol. The first-order valence-corrected chi connectivity index (χ1v) is 3.22. The average Bonchev–Trinajstić information content (AvgIpc) is 1.88. The van der Waals surface area contributed by atoms with Gasteiger partial charge in [0.2, 0.25) is 0 Å². The van der Waals surface area contributed by atoms with E-state index in [-0.39, 0.29) is 0 Å². The Balaban J connectivity index is 3.03. The maximum Gasteiger partial charge on any atom is 0.318 e. The lowest BCUT2D eigenvalue weighted by molar-refractivity contribution is -0.696. The third kappa shape index (κ3) is 1.23. The second-order valence-corrected chi connectivity index (χ2v) is 2.36. The summed E-state index contributed by atoms with van der Waals surface area (Å²) in [5, 5.41) is 1.97. The molecular formula is C7H12N3+. The maximum atomic E-state index is 4.12. The summed E-state index contributed by atoms with van der Waals surface area (Å²) in [6.07, 6.45) is 3.76. The van der Waals surface area contributed by atoms with Gasteiger partial charge in [-0.25, -0.2) is 5.01 Å². The Morgan fingerprint density at radius 3 is 2.60 bits per heavy atom. The van der Waals surface area contributed by atoms with Crippen LogP contribution in [0.1, 0.15) is 5.82 Å². The molecule has 0 unspecified atom stereocenters. The largest absolute Gasteiger partial charge is 0.318 e. The van der Waals surface area contributed by atoms with Crippen LogP contribution in [0, 0.1) is 6.92 Å². The molecule has 1 heterocycles. The molecule has 0 aliphatic rings. The summed E-state index contributed by atoms with van der Waals surface area (Å²) in [6, 6.07) is 1.91. The molecule has 0 bridgehead atoms. The molecule has 10 heavy (non-hydrogen) atoms. The SMILES string of the molecule is Cc1nccc[n+]1N(C)C. The lowest BCUT2D eigenvalue weighted by Gasteiger charge is -2.08. The van der Waals surface area contributed by atoms with Crippen LogP contribution in [0.25, 0.3) is 0 Å². The van der Waals surface area contributed by atoms with Gasteiger partial charge in [-0.1, -0.05) is 4.98 Å². The molecule has 54 valence electrons. The van der Waals surface area contributed by atoms with Crippen molar-refractivity contribution in [2.45, 2.75) is 6.92 Å². The lowest BCUT2D eigenvalue weighted by Crippen LogP contribution is -2.54. The molecule has 0 radical (unpaired) electrons. The van der Waals surface area contributed by atoms with E-state index < -0.39 is 0 Å². The van der Waals surface area contributed by atoms with E-state index in [2.05, 4.69) is 4.98 Å². The first-order chi connectivity index (χ1) is 4.72. The van der Waals surface area contributed by atoms with Gasteiger partial charge in [0.1, 0.15) is 12.4 Å². The highest BCUT2D eigenvalue weighted by Crippen LogP contribution is 1.79. The Kier molecular flexibility index (Phi) is 1.85. The molecule has 0 saturated carbocycles. The summed E-state index contributed by atoms with van der Waals surface area (Å²) in [5.74, 6) is 0.993. The third-order valence-corrected chi connectivity index (χ3v) is 1.34. The van der Waals surface area contributed by atoms with E-state index in [1.54, 1.807) is 6.20 Å². The normalized spacial score (nSPS) is 9.50. The van der Waals surface area contributed by atoms with Crippen LogP contribution in [0.2, 0.25) is 0 Å². The van der Waals surface area contributed by atoms with Gasteiger partial charge < -0.3 is 0 Å². The minimum atomic E-state index is 0.993. The maximum absolute atomic E-state index is 4.12. The van der Waals surface area contributed by atoms with Crippen molar-refractivity contribution < 1.29 is 4.68 Å². The Morgan fingerprint density at radius 1 is 1.50 bits per heavy atom. The Labute approximate surface area is 60.9 Å². The van der Waals surface area contributed by atoms with Crippen LogP contribution in [-0.4, -0.2) is 19.1 Å². The van der Waals surface area contributed by atoms with Gasteiger partial charge in [-0.2, -0.15) is 0 Å². The lowest BCUT2D eigenvalue weighted by atomic mass is 10.6. The van der Waals surface area contributed by atoms with Gasteiger partial charge in [-0.15, -0.1) is 4.68 Å². The van der Waals surface area contributed by atoms with Crippen molar-refractivity contribution in [3.05, 3.63) is 24.3 Å². The fourth-order valence-electron chi connectivity index (χ4n) is 0.861. The van der Waals surface area contributed by atoms with Gasteiger partial charge in [-0.3, -0.25) is 0 Å². The van der Waals surface area contributed by atoms with Crippen LogP contribution in [0.5, 0.6) is 0 Å². The van der Waals surface area contributed by atoms with E-state index in [4.69, 9.17) is 0 Å². The summed E-state index contributed by atoms with van der Waals surface area (Å²) in [5.41, 5.74) is 0. The second kappa shape index (κ2) is 2.64. The number of aromatic nitrogens is 2.